The van der Waals surface area contributed by atoms with Crippen LogP contribution in [0.25, 0.3) is 10.2 Å². The summed E-state index contributed by atoms with van der Waals surface area (Å²) in [4.78, 5) is 26.8. The second-order valence-electron chi connectivity index (χ2n) is 4.40. The molecule has 0 aliphatic carbocycles. The van der Waals surface area contributed by atoms with Crippen LogP contribution in [0.15, 0.2) is 24.3 Å². The summed E-state index contributed by atoms with van der Waals surface area (Å²) in [5.74, 6) is -0.439. The molecule has 2 heterocycles. The fraction of sp³-hybridized carbons (Fsp3) is 0.0769. The quantitative estimate of drug-likeness (QED) is 0.555. The van der Waals surface area contributed by atoms with Crippen LogP contribution in [0.5, 0.6) is 0 Å². The van der Waals surface area contributed by atoms with Crippen LogP contribution >= 0.6 is 34.3 Å². The number of benzene rings is 1. The van der Waals surface area contributed by atoms with Crippen LogP contribution in [-0.4, -0.2) is 15.8 Å². The molecule has 1 aromatic carbocycles. The predicted molar refractivity (Wildman–Crippen MR) is 88.3 cm³/mol. The minimum Gasteiger partial charge on any atom is -0.321 e. The summed E-state index contributed by atoms with van der Waals surface area (Å²) in [6, 6.07) is 6.58. The van der Waals surface area contributed by atoms with Crippen molar-refractivity contribution in [1.82, 2.24) is 4.98 Å². The third-order valence-electron chi connectivity index (χ3n) is 2.84. The van der Waals surface area contributed by atoms with E-state index in [0.717, 1.165) is 26.6 Å². The number of nitrogens with one attached hydrogen (secondary N) is 1. The number of nitrogens with zero attached hydrogens (tertiary/aromatic N) is 2. The second-order valence-corrected chi connectivity index (χ2v) is 7.29. The number of nitro groups is 1. The first-order valence-corrected chi connectivity index (χ1v) is 8.07. The van der Waals surface area contributed by atoms with Crippen molar-refractivity contribution in [2.24, 2.45) is 0 Å². The van der Waals surface area contributed by atoms with Crippen molar-refractivity contribution in [2.75, 3.05) is 5.32 Å². The van der Waals surface area contributed by atoms with Gasteiger partial charge in [0.2, 0.25) is 0 Å². The molecule has 9 heteroatoms. The standard InChI is InChI=1S/C13H8ClN3O3S2/c1-6-15-8-4-7(2-3-10(8)21-6)16-13(18)11-5-9(17(19)20)12(14)22-11/h2-5H,1H3,(H,16,18). The molecule has 1 N–H and O–H groups in total. The number of aryl methyl sites for hydroxylation is 1. The van der Waals surface area contributed by atoms with Crippen molar-refractivity contribution in [3.8, 4) is 0 Å². The summed E-state index contributed by atoms with van der Waals surface area (Å²) < 4.78 is 1.02. The lowest BCUT2D eigenvalue weighted by atomic mass is 10.3. The number of amides is 1. The molecule has 1 amide bonds. The van der Waals surface area contributed by atoms with Gasteiger partial charge in [-0.2, -0.15) is 0 Å². The topological polar surface area (TPSA) is 85.1 Å². The lowest BCUT2D eigenvalue weighted by Crippen LogP contribution is -2.09. The number of anilines is 1. The van der Waals surface area contributed by atoms with Gasteiger partial charge in [-0.15, -0.1) is 22.7 Å². The van der Waals surface area contributed by atoms with E-state index in [0.29, 0.717) is 5.69 Å². The van der Waals surface area contributed by atoms with Crippen LogP contribution in [-0.2, 0) is 0 Å². The number of carbonyl (C=O) groups excluding carboxylic acids is 1. The van der Waals surface area contributed by atoms with Crippen molar-refractivity contribution in [1.29, 1.82) is 0 Å². The zero-order valence-electron chi connectivity index (χ0n) is 11.1. The summed E-state index contributed by atoms with van der Waals surface area (Å²) in [6.07, 6.45) is 0. The van der Waals surface area contributed by atoms with E-state index < -0.39 is 10.8 Å². The Bertz CT molecular complexity index is 903. The van der Waals surface area contributed by atoms with Crippen LogP contribution < -0.4 is 5.32 Å². The van der Waals surface area contributed by atoms with Crippen LogP contribution in [0.2, 0.25) is 4.34 Å². The fourth-order valence-electron chi connectivity index (χ4n) is 1.91. The van der Waals surface area contributed by atoms with Crippen LogP contribution in [0.1, 0.15) is 14.7 Å². The van der Waals surface area contributed by atoms with Gasteiger partial charge in [0.15, 0.2) is 4.34 Å². The number of hydrogen-bond donors (Lipinski definition) is 1. The van der Waals surface area contributed by atoms with E-state index in [9.17, 15) is 14.9 Å². The number of hydrogen-bond acceptors (Lipinski definition) is 6. The van der Waals surface area contributed by atoms with Crippen LogP contribution in [0.4, 0.5) is 11.4 Å². The molecule has 2 aromatic heterocycles. The Kier molecular flexibility index (Phi) is 3.81. The van der Waals surface area contributed by atoms with E-state index in [2.05, 4.69) is 10.3 Å². The Hall–Kier alpha value is -2.03. The highest BCUT2D eigenvalue weighted by Crippen LogP contribution is 2.34. The highest BCUT2D eigenvalue weighted by atomic mass is 35.5. The molecule has 6 nitrogen and oxygen atoms in total. The average Bonchev–Trinajstić information content (AvgIpc) is 3.00. The van der Waals surface area contributed by atoms with Crippen LogP contribution in [0.3, 0.4) is 0 Å². The molecule has 0 atom stereocenters. The lowest BCUT2D eigenvalue weighted by molar-refractivity contribution is -0.384. The highest BCUT2D eigenvalue weighted by Gasteiger charge is 2.21. The number of carbonyl (C=O) groups is 1. The van der Waals surface area contributed by atoms with E-state index in [1.54, 1.807) is 23.5 Å². The summed E-state index contributed by atoms with van der Waals surface area (Å²) in [6.45, 7) is 1.91. The Balaban J connectivity index is 1.86. The minimum absolute atomic E-state index is 0.0132. The van der Waals surface area contributed by atoms with Crippen molar-refractivity contribution in [2.45, 2.75) is 6.92 Å². The number of thiophene rings is 1. The normalized spacial score (nSPS) is 10.8. The molecular formula is C13H8ClN3O3S2. The lowest BCUT2D eigenvalue weighted by Gasteiger charge is -2.02. The first kappa shape index (κ1) is 14.9. The second kappa shape index (κ2) is 5.64. The molecule has 0 bridgehead atoms. The SMILES string of the molecule is Cc1nc2cc(NC(=O)c3cc([N+](=O)[O-])c(Cl)s3)ccc2s1. The molecule has 0 unspecified atom stereocenters. The maximum Gasteiger partial charge on any atom is 0.299 e. The third-order valence-corrected chi connectivity index (χ3v) is 5.13. The molecule has 0 saturated heterocycles. The Morgan fingerprint density at radius 2 is 2.14 bits per heavy atom. The molecule has 0 spiro atoms. The molecule has 3 rings (SSSR count). The van der Waals surface area contributed by atoms with E-state index in [-0.39, 0.29) is 14.9 Å². The third kappa shape index (κ3) is 2.80. The number of fused-ring (bicyclic) bond motifs is 1. The van der Waals surface area contributed by atoms with Gasteiger partial charge in [-0.25, -0.2) is 4.98 Å². The van der Waals surface area contributed by atoms with E-state index >= 15 is 0 Å². The molecule has 0 aliphatic heterocycles. The molecular weight excluding hydrogens is 346 g/mol. The maximum absolute atomic E-state index is 12.1. The van der Waals surface area contributed by atoms with E-state index in [4.69, 9.17) is 11.6 Å². The van der Waals surface area contributed by atoms with Gasteiger partial charge >= 0.3 is 0 Å². The molecule has 0 aliphatic rings. The first-order valence-electron chi connectivity index (χ1n) is 6.06. The van der Waals surface area contributed by atoms with Gasteiger partial charge in [0.25, 0.3) is 11.6 Å². The van der Waals surface area contributed by atoms with Gasteiger partial charge < -0.3 is 5.32 Å². The summed E-state index contributed by atoms with van der Waals surface area (Å²) in [5, 5.41) is 14.4. The smallest absolute Gasteiger partial charge is 0.299 e. The van der Waals surface area contributed by atoms with Gasteiger partial charge in [-0.05, 0) is 25.1 Å². The van der Waals surface area contributed by atoms with E-state index in [1.807, 2.05) is 13.0 Å². The number of aromatic nitrogens is 1. The molecule has 0 saturated carbocycles. The summed E-state index contributed by atoms with van der Waals surface area (Å²) in [7, 11) is 0. The largest absolute Gasteiger partial charge is 0.321 e. The Morgan fingerprint density at radius 3 is 2.82 bits per heavy atom. The zero-order valence-corrected chi connectivity index (χ0v) is 13.5. The Morgan fingerprint density at radius 1 is 1.36 bits per heavy atom. The predicted octanol–water partition coefficient (Wildman–Crippen LogP) is 4.48. The molecule has 22 heavy (non-hydrogen) atoms. The van der Waals surface area contributed by atoms with Crippen molar-refractivity contribution in [3.05, 3.63) is 48.6 Å². The van der Waals surface area contributed by atoms with Gasteiger partial charge in [-0.1, -0.05) is 11.6 Å². The molecule has 3 aromatic rings. The summed E-state index contributed by atoms with van der Waals surface area (Å²) >= 11 is 8.20. The maximum atomic E-state index is 12.1. The zero-order chi connectivity index (χ0) is 15.9. The van der Waals surface area contributed by atoms with Crippen molar-refractivity contribution in [3.63, 3.8) is 0 Å². The fourth-order valence-corrected chi connectivity index (χ4v) is 3.83. The van der Waals surface area contributed by atoms with Gasteiger partial charge in [-0.3, -0.25) is 14.9 Å². The molecule has 0 radical (unpaired) electrons. The monoisotopic (exact) mass is 353 g/mol. The molecule has 0 fully saturated rings. The van der Waals surface area contributed by atoms with Gasteiger partial charge in [0.1, 0.15) is 4.88 Å². The Labute approximate surface area is 137 Å². The first-order chi connectivity index (χ1) is 10.4. The van der Waals surface area contributed by atoms with Crippen molar-refractivity contribution < 1.29 is 9.72 Å². The summed E-state index contributed by atoms with van der Waals surface area (Å²) in [5.41, 5.74) is 1.12. The number of halogens is 1. The number of rotatable bonds is 3. The van der Waals surface area contributed by atoms with Gasteiger partial charge in [0, 0.05) is 11.8 Å². The van der Waals surface area contributed by atoms with Crippen LogP contribution in [0, 0.1) is 17.0 Å². The number of thiazole rings is 1. The average molecular weight is 354 g/mol. The van der Waals surface area contributed by atoms with Crippen molar-refractivity contribution >= 4 is 61.8 Å². The van der Waals surface area contributed by atoms with E-state index in [1.165, 1.54) is 6.07 Å². The minimum atomic E-state index is -0.611. The highest BCUT2D eigenvalue weighted by molar-refractivity contribution is 7.19. The van der Waals surface area contributed by atoms with Gasteiger partial charge in [0.05, 0.1) is 20.1 Å². The molecule has 112 valence electrons.